The number of carbonyl (C=O) groups excluding carboxylic acids is 1. The molecular weight excluding hydrogens is 234 g/mol. The molecule has 2 heteroatoms. The van der Waals surface area contributed by atoms with Gasteiger partial charge in [-0.05, 0) is 17.2 Å². The molecule has 0 radical (unpaired) electrons. The molecule has 0 atom stereocenters. The second kappa shape index (κ2) is 3.82. The Bertz CT molecular complexity index is 798. The Hall–Kier alpha value is -2.35. The van der Waals surface area contributed by atoms with Crippen molar-refractivity contribution in [2.75, 3.05) is 0 Å². The molecule has 92 valence electrons. The number of aromatic nitrogens is 1. The maximum absolute atomic E-state index is 12.1. The minimum atomic E-state index is 0.288. The zero-order chi connectivity index (χ0) is 12.8. The predicted molar refractivity (Wildman–Crippen MR) is 76.1 cm³/mol. The molecule has 0 saturated carbocycles. The van der Waals surface area contributed by atoms with Crippen LogP contribution in [0.3, 0.4) is 0 Å². The van der Waals surface area contributed by atoms with E-state index in [0.29, 0.717) is 12.8 Å². The molecule has 2 aromatic carbocycles. The van der Waals surface area contributed by atoms with Crippen LogP contribution in [-0.2, 0) is 17.6 Å². The molecule has 1 aromatic heterocycles. The molecule has 19 heavy (non-hydrogen) atoms. The van der Waals surface area contributed by atoms with Gasteiger partial charge in [0.15, 0.2) is 0 Å². The maximum atomic E-state index is 12.1. The van der Waals surface area contributed by atoms with Crippen LogP contribution < -0.4 is 0 Å². The van der Waals surface area contributed by atoms with Gasteiger partial charge in [-0.25, -0.2) is 0 Å². The van der Waals surface area contributed by atoms with Gasteiger partial charge in [0.2, 0.25) is 0 Å². The van der Waals surface area contributed by atoms with Crippen molar-refractivity contribution >= 4 is 16.7 Å². The Morgan fingerprint density at radius 2 is 1.68 bits per heavy atom. The molecule has 1 N–H and O–H groups in total. The van der Waals surface area contributed by atoms with Crippen molar-refractivity contribution in [2.24, 2.45) is 0 Å². The normalized spacial score (nSPS) is 14.0. The van der Waals surface area contributed by atoms with Crippen LogP contribution in [0.15, 0.2) is 48.5 Å². The van der Waals surface area contributed by atoms with E-state index in [0.717, 1.165) is 22.3 Å². The van der Waals surface area contributed by atoms with E-state index >= 15 is 0 Å². The number of hydrogen-bond donors (Lipinski definition) is 1. The van der Waals surface area contributed by atoms with Crippen LogP contribution in [0.4, 0.5) is 0 Å². The fourth-order valence-corrected chi connectivity index (χ4v) is 3.00. The van der Waals surface area contributed by atoms with Gasteiger partial charge in [-0.2, -0.15) is 0 Å². The van der Waals surface area contributed by atoms with Crippen molar-refractivity contribution in [1.29, 1.82) is 0 Å². The van der Waals surface area contributed by atoms with Crippen molar-refractivity contribution in [1.82, 2.24) is 4.98 Å². The molecule has 0 spiro atoms. The van der Waals surface area contributed by atoms with E-state index in [-0.39, 0.29) is 5.78 Å². The Balaban J connectivity index is 2.11. The number of fused-ring (bicyclic) bond motifs is 5. The molecule has 0 unspecified atom stereocenters. The van der Waals surface area contributed by atoms with Crippen molar-refractivity contribution in [3.8, 4) is 11.3 Å². The number of benzene rings is 2. The minimum absolute atomic E-state index is 0.288. The van der Waals surface area contributed by atoms with Gasteiger partial charge in [0.1, 0.15) is 5.78 Å². The van der Waals surface area contributed by atoms with Gasteiger partial charge in [-0.15, -0.1) is 0 Å². The number of Topliss-reactive ketones (excluding diaryl/α,β-unsaturated/α-hetero) is 1. The van der Waals surface area contributed by atoms with E-state index in [1.54, 1.807) is 0 Å². The van der Waals surface area contributed by atoms with Crippen LogP contribution in [0.5, 0.6) is 0 Å². The van der Waals surface area contributed by atoms with Gasteiger partial charge in [0.25, 0.3) is 0 Å². The summed E-state index contributed by atoms with van der Waals surface area (Å²) in [4.78, 5) is 15.6. The van der Waals surface area contributed by atoms with Gasteiger partial charge in [-0.3, -0.25) is 4.79 Å². The smallest absolute Gasteiger partial charge is 0.141 e. The summed E-state index contributed by atoms with van der Waals surface area (Å²) in [6.07, 6.45) is 1.06. The molecule has 0 aliphatic heterocycles. The summed E-state index contributed by atoms with van der Waals surface area (Å²) in [5, 5.41) is 1.17. The van der Waals surface area contributed by atoms with Gasteiger partial charge >= 0.3 is 0 Å². The zero-order valence-corrected chi connectivity index (χ0v) is 10.4. The van der Waals surface area contributed by atoms with Crippen LogP contribution in [0, 0.1) is 0 Å². The average molecular weight is 247 g/mol. The van der Waals surface area contributed by atoms with Crippen molar-refractivity contribution in [3.05, 3.63) is 59.7 Å². The summed E-state index contributed by atoms with van der Waals surface area (Å²) in [5.41, 5.74) is 5.66. The number of ketones is 1. The van der Waals surface area contributed by atoms with Crippen molar-refractivity contribution < 1.29 is 4.79 Å². The minimum Gasteiger partial charge on any atom is -0.354 e. The first-order valence-corrected chi connectivity index (χ1v) is 6.52. The quantitative estimate of drug-likeness (QED) is 0.648. The number of hydrogen-bond acceptors (Lipinski definition) is 1. The summed E-state index contributed by atoms with van der Waals surface area (Å²) in [7, 11) is 0. The molecule has 0 saturated heterocycles. The molecule has 0 bridgehead atoms. The fourth-order valence-electron chi connectivity index (χ4n) is 3.00. The molecular formula is C17H13NO. The molecule has 0 amide bonds. The monoisotopic (exact) mass is 247 g/mol. The molecule has 0 fully saturated rings. The Morgan fingerprint density at radius 3 is 2.63 bits per heavy atom. The van der Waals surface area contributed by atoms with Crippen LogP contribution in [0.1, 0.15) is 11.1 Å². The highest BCUT2D eigenvalue weighted by molar-refractivity contribution is 5.99. The lowest BCUT2D eigenvalue weighted by molar-refractivity contribution is -0.117. The second-order valence-electron chi connectivity index (χ2n) is 5.07. The summed E-state index contributed by atoms with van der Waals surface area (Å²) < 4.78 is 0. The Labute approximate surface area is 111 Å². The third kappa shape index (κ3) is 1.53. The molecule has 3 aromatic rings. The van der Waals surface area contributed by atoms with E-state index in [2.05, 4.69) is 23.2 Å². The van der Waals surface area contributed by atoms with Crippen LogP contribution in [0.2, 0.25) is 0 Å². The van der Waals surface area contributed by atoms with Gasteiger partial charge < -0.3 is 4.98 Å². The first-order valence-electron chi connectivity index (χ1n) is 6.52. The number of para-hydroxylation sites is 1. The molecule has 1 aliphatic carbocycles. The van der Waals surface area contributed by atoms with E-state index in [1.807, 2.05) is 30.3 Å². The second-order valence-corrected chi connectivity index (χ2v) is 5.07. The lowest BCUT2D eigenvalue weighted by Crippen LogP contribution is -2.03. The molecule has 4 rings (SSSR count). The summed E-state index contributed by atoms with van der Waals surface area (Å²) in [5.74, 6) is 0.288. The van der Waals surface area contributed by atoms with E-state index in [9.17, 15) is 4.79 Å². The largest absolute Gasteiger partial charge is 0.354 e. The summed E-state index contributed by atoms with van der Waals surface area (Å²) in [6.45, 7) is 0. The highest BCUT2D eigenvalue weighted by atomic mass is 16.1. The highest BCUT2D eigenvalue weighted by Gasteiger charge is 2.22. The highest BCUT2D eigenvalue weighted by Crippen LogP contribution is 2.35. The average Bonchev–Trinajstić information content (AvgIpc) is 2.71. The molecule has 2 nitrogen and oxygen atoms in total. The number of carbonyl (C=O) groups is 1. The number of nitrogens with one attached hydrogen (secondary N) is 1. The van der Waals surface area contributed by atoms with E-state index in [1.165, 1.54) is 10.9 Å². The predicted octanol–water partition coefficient (Wildman–Crippen LogP) is 3.50. The van der Waals surface area contributed by atoms with Gasteiger partial charge in [0, 0.05) is 29.3 Å². The Kier molecular flexibility index (Phi) is 2.12. The fraction of sp³-hybridized carbons (Fsp3) is 0.118. The van der Waals surface area contributed by atoms with Gasteiger partial charge in [0.05, 0.1) is 5.69 Å². The lowest BCUT2D eigenvalue weighted by Gasteiger charge is -2.04. The first-order chi connectivity index (χ1) is 9.33. The van der Waals surface area contributed by atoms with Crippen LogP contribution in [0.25, 0.3) is 22.2 Å². The summed E-state index contributed by atoms with van der Waals surface area (Å²) >= 11 is 0. The first kappa shape index (κ1) is 10.6. The molecule has 1 heterocycles. The zero-order valence-electron chi connectivity index (χ0n) is 10.4. The maximum Gasteiger partial charge on any atom is 0.141 e. The molecule has 1 aliphatic rings. The van der Waals surface area contributed by atoms with Crippen molar-refractivity contribution in [3.63, 3.8) is 0 Å². The van der Waals surface area contributed by atoms with E-state index in [4.69, 9.17) is 0 Å². The third-order valence-electron chi connectivity index (χ3n) is 3.86. The summed E-state index contributed by atoms with van der Waals surface area (Å²) in [6, 6.07) is 16.4. The van der Waals surface area contributed by atoms with Gasteiger partial charge in [-0.1, -0.05) is 42.5 Å². The SMILES string of the molecule is O=C1Cc2ccccc2-c2[nH]c3ccccc3c2C1. The van der Waals surface area contributed by atoms with Crippen LogP contribution in [-0.4, -0.2) is 10.8 Å². The van der Waals surface area contributed by atoms with Crippen molar-refractivity contribution in [2.45, 2.75) is 12.8 Å². The van der Waals surface area contributed by atoms with E-state index < -0.39 is 0 Å². The third-order valence-corrected chi connectivity index (χ3v) is 3.86. The lowest BCUT2D eigenvalue weighted by atomic mass is 10.0. The number of H-pyrrole nitrogens is 1. The number of aromatic amines is 1. The standard InChI is InChI=1S/C17H13NO/c19-12-9-11-5-1-2-6-13(11)17-15(10-12)14-7-3-4-8-16(14)18-17/h1-8,18H,9-10H2. The van der Waals surface area contributed by atoms with Crippen LogP contribution >= 0.6 is 0 Å². The Morgan fingerprint density at radius 1 is 0.895 bits per heavy atom. The topological polar surface area (TPSA) is 32.9 Å². The number of rotatable bonds is 0.